The van der Waals surface area contributed by atoms with E-state index in [0.717, 1.165) is 5.69 Å². The van der Waals surface area contributed by atoms with Crippen LogP contribution < -0.4 is 20.1 Å². The Morgan fingerprint density at radius 2 is 1.71 bits per heavy atom. The van der Waals surface area contributed by atoms with Gasteiger partial charge < -0.3 is 20.1 Å². The zero-order valence-electron chi connectivity index (χ0n) is 16.2. The lowest BCUT2D eigenvalue weighted by Crippen LogP contribution is -2.15. The molecule has 28 heavy (non-hydrogen) atoms. The van der Waals surface area contributed by atoms with Gasteiger partial charge in [-0.2, -0.15) is 0 Å². The van der Waals surface area contributed by atoms with Crippen molar-refractivity contribution in [1.82, 2.24) is 4.98 Å². The minimum atomic E-state index is -0.345. The van der Waals surface area contributed by atoms with E-state index in [1.165, 1.54) is 25.3 Å². The molecule has 6 nitrogen and oxygen atoms in total. The van der Waals surface area contributed by atoms with E-state index >= 15 is 0 Å². The van der Waals surface area contributed by atoms with E-state index in [1.807, 2.05) is 12.1 Å². The third-order valence-corrected chi connectivity index (χ3v) is 4.24. The van der Waals surface area contributed by atoms with Crippen molar-refractivity contribution < 1.29 is 14.3 Å². The SMILES string of the molecule is COc1cccc(OC)c1C(=O)Nc1ccc(NCc2cccc(C)c2)cn1. The number of hydrogen-bond donors (Lipinski definition) is 2. The van der Waals surface area contributed by atoms with E-state index in [4.69, 9.17) is 9.47 Å². The smallest absolute Gasteiger partial charge is 0.264 e. The molecule has 0 aliphatic rings. The van der Waals surface area contributed by atoms with Crippen molar-refractivity contribution >= 4 is 17.4 Å². The average Bonchev–Trinajstić information content (AvgIpc) is 2.72. The summed E-state index contributed by atoms with van der Waals surface area (Å²) in [6.45, 7) is 2.77. The van der Waals surface area contributed by atoms with Crippen LogP contribution in [-0.4, -0.2) is 25.1 Å². The fourth-order valence-corrected chi connectivity index (χ4v) is 2.85. The Morgan fingerprint density at radius 3 is 2.32 bits per heavy atom. The molecule has 1 aromatic heterocycles. The average molecular weight is 377 g/mol. The van der Waals surface area contributed by atoms with Crippen molar-refractivity contribution in [2.75, 3.05) is 24.9 Å². The first-order chi connectivity index (χ1) is 13.6. The second-order valence-corrected chi connectivity index (χ2v) is 6.27. The van der Waals surface area contributed by atoms with Crippen LogP contribution in [0.2, 0.25) is 0 Å². The topological polar surface area (TPSA) is 72.5 Å². The highest BCUT2D eigenvalue weighted by molar-refractivity contribution is 6.07. The van der Waals surface area contributed by atoms with Gasteiger partial charge in [0.05, 0.1) is 26.1 Å². The molecule has 0 bridgehead atoms. The van der Waals surface area contributed by atoms with E-state index in [-0.39, 0.29) is 5.91 Å². The van der Waals surface area contributed by atoms with Gasteiger partial charge in [-0.25, -0.2) is 4.98 Å². The number of anilines is 2. The zero-order chi connectivity index (χ0) is 19.9. The molecule has 0 radical (unpaired) electrons. The van der Waals surface area contributed by atoms with E-state index in [9.17, 15) is 4.79 Å². The Balaban J connectivity index is 1.67. The summed E-state index contributed by atoms with van der Waals surface area (Å²) in [5.41, 5.74) is 3.62. The second kappa shape index (κ2) is 8.90. The van der Waals surface area contributed by atoms with Crippen LogP contribution in [-0.2, 0) is 6.54 Å². The Bertz CT molecular complexity index is 933. The van der Waals surface area contributed by atoms with Crippen LogP contribution in [0.4, 0.5) is 11.5 Å². The highest BCUT2D eigenvalue weighted by Crippen LogP contribution is 2.29. The number of pyridine rings is 1. The van der Waals surface area contributed by atoms with Crippen molar-refractivity contribution in [2.45, 2.75) is 13.5 Å². The summed E-state index contributed by atoms with van der Waals surface area (Å²) >= 11 is 0. The van der Waals surface area contributed by atoms with Crippen LogP contribution in [0.25, 0.3) is 0 Å². The Hall–Kier alpha value is -3.54. The van der Waals surface area contributed by atoms with E-state index in [0.29, 0.717) is 29.4 Å². The molecule has 0 saturated carbocycles. The van der Waals surface area contributed by atoms with Gasteiger partial charge in [0.2, 0.25) is 0 Å². The Labute approximate surface area is 164 Å². The van der Waals surface area contributed by atoms with Crippen LogP contribution in [0.5, 0.6) is 11.5 Å². The quantitative estimate of drug-likeness (QED) is 0.643. The number of nitrogens with zero attached hydrogens (tertiary/aromatic N) is 1. The third kappa shape index (κ3) is 4.59. The minimum Gasteiger partial charge on any atom is -0.496 e. The number of aryl methyl sites for hydroxylation is 1. The Kier molecular flexibility index (Phi) is 6.11. The van der Waals surface area contributed by atoms with Gasteiger partial charge in [-0.05, 0) is 36.8 Å². The fourth-order valence-electron chi connectivity index (χ4n) is 2.85. The van der Waals surface area contributed by atoms with Gasteiger partial charge in [-0.15, -0.1) is 0 Å². The van der Waals surface area contributed by atoms with Gasteiger partial charge in [-0.1, -0.05) is 35.9 Å². The van der Waals surface area contributed by atoms with E-state index in [2.05, 4.69) is 40.7 Å². The lowest BCUT2D eigenvalue weighted by Gasteiger charge is -2.13. The maximum Gasteiger partial charge on any atom is 0.264 e. The number of methoxy groups -OCH3 is 2. The summed E-state index contributed by atoms with van der Waals surface area (Å²) in [6, 6.07) is 17.1. The third-order valence-electron chi connectivity index (χ3n) is 4.24. The molecule has 6 heteroatoms. The van der Waals surface area contributed by atoms with Gasteiger partial charge in [-0.3, -0.25) is 4.79 Å². The van der Waals surface area contributed by atoms with Crippen molar-refractivity contribution in [2.24, 2.45) is 0 Å². The number of benzene rings is 2. The maximum atomic E-state index is 12.7. The summed E-state index contributed by atoms with van der Waals surface area (Å²) in [4.78, 5) is 17.0. The van der Waals surface area contributed by atoms with Crippen LogP contribution in [0.15, 0.2) is 60.8 Å². The molecule has 1 amide bonds. The number of aromatic nitrogens is 1. The number of amides is 1. The molecule has 0 saturated heterocycles. The molecular weight excluding hydrogens is 354 g/mol. The maximum absolute atomic E-state index is 12.7. The predicted molar refractivity (Wildman–Crippen MR) is 110 cm³/mol. The molecule has 2 aromatic carbocycles. The van der Waals surface area contributed by atoms with Crippen molar-refractivity contribution in [3.63, 3.8) is 0 Å². The van der Waals surface area contributed by atoms with Gasteiger partial charge in [0.1, 0.15) is 22.9 Å². The second-order valence-electron chi connectivity index (χ2n) is 6.27. The molecule has 2 N–H and O–H groups in total. The summed E-state index contributed by atoms with van der Waals surface area (Å²) < 4.78 is 10.6. The van der Waals surface area contributed by atoms with Crippen LogP contribution in [0.1, 0.15) is 21.5 Å². The highest BCUT2D eigenvalue weighted by atomic mass is 16.5. The van der Waals surface area contributed by atoms with Crippen LogP contribution in [0.3, 0.4) is 0 Å². The van der Waals surface area contributed by atoms with Gasteiger partial charge >= 0.3 is 0 Å². The number of rotatable bonds is 7. The molecule has 3 aromatic rings. The molecule has 0 unspecified atom stereocenters. The zero-order valence-corrected chi connectivity index (χ0v) is 16.2. The number of carbonyl (C=O) groups excluding carboxylic acids is 1. The number of nitrogens with one attached hydrogen (secondary N) is 2. The first kappa shape index (κ1) is 19.2. The molecule has 1 heterocycles. The van der Waals surface area contributed by atoms with Crippen molar-refractivity contribution in [1.29, 1.82) is 0 Å². The number of ether oxygens (including phenoxy) is 2. The first-order valence-corrected chi connectivity index (χ1v) is 8.88. The summed E-state index contributed by atoms with van der Waals surface area (Å²) in [6.07, 6.45) is 1.69. The highest BCUT2D eigenvalue weighted by Gasteiger charge is 2.18. The number of carbonyl (C=O) groups is 1. The van der Waals surface area contributed by atoms with Gasteiger partial charge in [0.25, 0.3) is 5.91 Å². The van der Waals surface area contributed by atoms with E-state index in [1.54, 1.807) is 30.5 Å². The Morgan fingerprint density at radius 1 is 1.00 bits per heavy atom. The monoisotopic (exact) mass is 377 g/mol. The van der Waals surface area contributed by atoms with Crippen molar-refractivity contribution in [3.05, 3.63) is 77.5 Å². The molecule has 0 spiro atoms. The van der Waals surface area contributed by atoms with Crippen molar-refractivity contribution in [3.8, 4) is 11.5 Å². The molecule has 0 aliphatic heterocycles. The normalized spacial score (nSPS) is 10.2. The van der Waals surface area contributed by atoms with Crippen LogP contribution >= 0.6 is 0 Å². The predicted octanol–water partition coefficient (Wildman–Crippen LogP) is 4.27. The van der Waals surface area contributed by atoms with Crippen LogP contribution in [0, 0.1) is 6.92 Å². The summed E-state index contributed by atoms with van der Waals surface area (Å²) in [5, 5.41) is 6.10. The van der Waals surface area contributed by atoms with Gasteiger partial charge in [0, 0.05) is 6.54 Å². The molecule has 3 rings (SSSR count). The lowest BCUT2D eigenvalue weighted by atomic mass is 10.1. The molecule has 0 aliphatic carbocycles. The minimum absolute atomic E-state index is 0.330. The summed E-state index contributed by atoms with van der Waals surface area (Å²) in [7, 11) is 3.02. The largest absolute Gasteiger partial charge is 0.496 e. The number of hydrogen-bond acceptors (Lipinski definition) is 5. The molecule has 0 fully saturated rings. The molecule has 0 atom stereocenters. The molecular formula is C22H23N3O3. The fraction of sp³-hybridized carbons (Fsp3) is 0.182. The molecule has 144 valence electrons. The standard InChI is InChI=1S/C22H23N3O3/c1-15-6-4-7-16(12-15)13-23-17-10-11-20(24-14-17)25-22(26)21-18(27-2)8-5-9-19(21)28-3/h4-12,14,23H,13H2,1-3H3,(H,24,25,26). The van der Waals surface area contributed by atoms with E-state index < -0.39 is 0 Å². The summed E-state index contributed by atoms with van der Waals surface area (Å²) in [5.74, 6) is 0.975. The van der Waals surface area contributed by atoms with Gasteiger partial charge in [0.15, 0.2) is 0 Å². The lowest BCUT2D eigenvalue weighted by molar-refractivity contribution is 0.102. The first-order valence-electron chi connectivity index (χ1n) is 8.88.